The van der Waals surface area contributed by atoms with Crippen LogP contribution in [0.3, 0.4) is 0 Å². The van der Waals surface area contributed by atoms with Gasteiger partial charge in [0.2, 0.25) is 0 Å². The molecule has 0 aliphatic rings. The minimum Gasteiger partial charge on any atom is -0.455 e. The van der Waals surface area contributed by atoms with Crippen molar-refractivity contribution in [3.8, 4) is 0 Å². The third kappa shape index (κ3) is 6.19. The van der Waals surface area contributed by atoms with Crippen molar-refractivity contribution in [1.29, 1.82) is 0 Å². The van der Waals surface area contributed by atoms with Gasteiger partial charge in [0.15, 0.2) is 6.61 Å². The van der Waals surface area contributed by atoms with Gasteiger partial charge in [-0.15, -0.1) is 23.1 Å². The first-order valence-corrected chi connectivity index (χ1v) is 9.63. The lowest BCUT2D eigenvalue weighted by Crippen LogP contribution is -2.22. The maximum Gasteiger partial charge on any atom is 0.316 e. The molecule has 2 rings (SSSR count). The molecule has 0 atom stereocenters. The highest BCUT2D eigenvalue weighted by molar-refractivity contribution is 7.99. The largest absolute Gasteiger partial charge is 0.455 e. The molecule has 1 aromatic heterocycles. The van der Waals surface area contributed by atoms with Gasteiger partial charge in [-0.05, 0) is 37.6 Å². The Morgan fingerprint density at radius 1 is 1.25 bits per heavy atom. The van der Waals surface area contributed by atoms with Crippen molar-refractivity contribution in [3.63, 3.8) is 0 Å². The zero-order valence-electron chi connectivity index (χ0n) is 13.4. The molecule has 24 heavy (non-hydrogen) atoms. The molecule has 1 amide bonds. The number of hydrogen-bond acceptors (Lipinski definition) is 5. The second kappa shape index (κ2) is 9.11. The van der Waals surface area contributed by atoms with Crippen molar-refractivity contribution in [2.45, 2.75) is 19.6 Å². The average Bonchev–Trinajstić information content (AvgIpc) is 2.93. The molecule has 0 unspecified atom stereocenters. The molecule has 0 saturated heterocycles. The number of benzene rings is 1. The number of nitrogens with one attached hydrogen (secondary N) is 1. The number of anilines is 1. The fourth-order valence-electron chi connectivity index (χ4n) is 1.99. The summed E-state index contributed by atoms with van der Waals surface area (Å²) in [6, 6.07) is 9.50. The fraction of sp³-hybridized carbons (Fsp3) is 0.294. The van der Waals surface area contributed by atoms with E-state index in [1.807, 2.05) is 44.2 Å². The standard InChI is InChI=1S/C17H18ClNO3S2/c1-11-3-5-14(12(2)7-11)19-16(20)8-22-17(21)10-23-9-13-4-6-15(18)24-13/h3-7H,8-10H2,1-2H3,(H,19,20). The number of rotatable bonds is 7. The maximum absolute atomic E-state index is 11.8. The zero-order chi connectivity index (χ0) is 17.5. The van der Waals surface area contributed by atoms with Gasteiger partial charge in [0.05, 0.1) is 10.1 Å². The number of aryl methyl sites for hydroxylation is 2. The highest BCUT2D eigenvalue weighted by Gasteiger charge is 2.10. The maximum atomic E-state index is 11.8. The molecule has 1 aromatic carbocycles. The summed E-state index contributed by atoms with van der Waals surface area (Å²) in [5, 5.41) is 2.74. The number of carbonyl (C=O) groups is 2. The minimum atomic E-state index is -0.404. The summed E-state index contributed by atoms with van der Waals surface area (Å²) >= 11 is 8.77. The first kappa shape index (κ1) is 18.8. The predicted octanol–water partition coefficient (Wildman–Crippen LogP) is 4.43. The van der Waals surface area contributed by atoms with Crippen LogP contribution in [0.1, 0.15) is 16.0 Å². The molecule has 1 heterocycles. The second-order valence-corrected chi connectivity index (χ2v) is 8.01. The number of esters is 1. The topological polar surface area (TPSA) is 55.4 Å². The van der Waals surface area contributed by atoms with Gasteiger partial charge in [-0.3, -0.25) is 9.59 Å². The van der Waals surface area contributed by atoms with Crippen LogP contribution >= 0.6 is 34.7 Å². The second-order valence-electron chi connectivity index (χ2n) is 5.23. The van der Waals surface area contributed by atoms with E-state index < -0.39 is 5.97 Å². The Morgan fingerprint density at radius 3 is 2.71 bits per heavy atom. The number of halogens is 1. The minimum absolute atomic E-state index is 0.201. The molecule has 7 heteroatoms. The molecule has 0 spiro atoms. The van der Waals surface area contributed by atoms with Crippen molar-refractivity contribution >= 4 is 52.3 Å². The van der Waals surface area contributed by atoms with E-state index in [-0.39, 0.29) is 18.3 Å². The summed E-state index contributed by atoms with van der Waals surface area (Å²) in [5.41, 5.74) is 2.83. The molecular weight excluding hydrogens is 366 g/mol. The van der Waals surface area contributed by atoms with Gasteiger partial charge in [-0.25, -0.2) is 0 Å². The van der Waals surface area contributed by atoms with E-state index in [0.29, 0.717) is 5.75 Å². The van der Waals surface area contributed by atoms with Gasteiger partial charge in [0.25, 0.3) is 5.91 Å². The van der Waals surface area contributed by atoms with E-state index in [4.69, 9.17) is 16.3 Å². The summed E-state index contributed by atoms with van der Waals surface area (Å²) in [5.74, 6) is 0.150. The van der Waals surface area contributed by atoms with E-state index in [0.717, 1.165) is 26.0 Å². The normalized spacial score (nSPS) is 10.5. The molecule has 0 aliphatic heterocycles. The lowest BCUT2D eigenvalue weighted by atomic mass is 10.1. The molecule has 0 saturated carbocycles. The molecule has 0 aliphatic carbocycles. The number of ether oxygens (including phenoxy) is 1. The summed E-state index contributed by atoms with van der Waals surface area (Å²) in [6.45, 7) is 3.63. The van der Waals surface area contributed by atoms with Crippen LogP contribution in [0, 0.1) is 13.8 Å². The third-order valence-corrected chi connectivity index (χ3v) is 5.48. The van der Waals surface area contributed by atoms with E-state index in [2.05, 4.69) is 5.32 Å². The van der Waals surface area contributed by atoms with Crippen LogP contribution < -0.4 is 5.32 Å². The number of amides is 1. The van der Waals surface area contributed by atoms with E-state index in [1.165, 1.54) is 23.1 Å². The first-order chi connectivity index (χ1) is 11.4. The molecule has 128 valence electrons. The summed E-state index contributed by atoms with van der Waals surface area (Å²) in [7, 11) is 0. The van der Waals surface area contributed by atoms with Gasteiger partial charge in [-0.2, -0.15) is 0 Å². The van der Waals surface area contributed by atoms with Crippen LogP contribution in [0.5, 0.6) is 0 Å². The Hall–Kier alpha value is -1.50. The number of carbonyl (C=O) groups excluding carboxylic acids is 2. The van der Waals surface area contributed by atoms with Crippen LogP contribution in [-0.4, -0.2) is 24.2 Å². The molecular formula is C17H18ClNO3S2. The van der Waals surface area contributed by atoms with E-state index >= 15 is 0 Å². The first-order valence-electron chi connectivity index (χ1n) is 7.29. The monoisotopic (exact) mass is 383 g/mol. The van der Waals surface area contributed by atoms with Crippen molar-refractivity contribution < 1.29 is 14.3 Å². The Balaban J connectivity index is 1.68. The van der Waals surface area contributed by atoms with Gasteiger partial charge in [-0.1, -0.05) is 29.3 Å². The zero-order valence-corrected chi connectivity index (χ0v) is 15.8. The highest BCUT2D eigenvalue weighted by Crippen LogP contribution is 2.25. The number of thioether (sulfide) groups is 1. The van der Waals surface area contributed by atoms with Crippen LogP contribution in [0.15, 0.2) is 30.3 Å². The van der Waals surface area contributed by atoms with Gasteiger partial charge in [0, 0.05) is 16.3 Å². The van der Waals surface area contributed by atoms with Crippen LogP contribution in [0.25, 0.3) is 0 Å². The van der Waals surface area contributed by atoms with Gasteiger partial charge < -0.3 is 10.1 Å². The molecule has 0 fully saturated rings. The number of hydrogen-bond donors (Lipinski definition) is 1. The quantitative estimate of drug-likeness (QED) is 0.718. The molecule has 2 aromatic rings. The lowest BCUT2D eigenvalue weighted by Gasteiger charge is -2.09. The van der Waals surface area contributed by atoms with Crippen molar-refractivity contribution in [3.05, 3.63) is 50.7 Å². The highest BCUT2D eigenvalue weighted by atomic mass is 35.5. The summed E-state index contributed by atoms with van der Waals surface area (Å²) in [6.07, 6.45) is 0. The van der Waals surface area contributed by atoms with Gasteiger partial charge >= 0.3 is 5.97 Å². The number of thiophene rings is 1. The molecule has 0 bridgehead atoms. The van der Waals surface area contributed by atoms with Crippen molar-refractivity contribution in [1.82, 2.24) is 0 Å². The van der Waals surface area contributed by atoms with Crippen molar-refractivity contribution in [2.24, 2.45) is 0 Å². The van der Waals surface area contributed by atoms with E-state index in [1.54, 1.807) is 0 Å². The van der Waals surface area contributed by atoms with Crippen LogP contribution in [-0.2, 0) is 20.1 Å². The fourth-order valence-corrected chi connectivity index (χ4v) is 4.01. The Bertz CT molecular complexity index is 730. The van der Waals surface area contributed by atoms with Crippen LogP contribution in [0.2, 0.25) is 4.34 Å². The Kier molecular flexibility index (Phi) is 7.15. The predicted molar refractivity (Wildman–Crippen MR) is 101 cm³/mol. The lowest BCUT2D eigenvalue weighted by molar-refractivity contribution is -0.144. The SMILES string of the molecule is Cc1ccc(NC(=O)COC(=O)CSCc2ccc(Cl)s2)c(C)c1. The van der Waals surface area contributed by atoms with Crippen molar-refractivity contribution in [2.75, 3.05) is 17.7 Å². The Morgan fingerprint density at radius 2 is 2.04 bits per heavy atom. The average molecular weight is 384 g/mol. The molecule has 0 radical (unpaired) electrons. The van der Waals surface area contributed by atoms with Gasteiger partial charge in [0.1, 0.15) is 0 Å². The summed E-state index contributed by atoms with van der Waals surface area (Å²) < 4.78 is 5.72. The molecule has 1 N–H and O–H groups in total. The smallest absolute Gasteiger partial charge is 0.316 e. The Labute approximate surface area is 154 Å². The van der Waals surface area contributed by atoms with E-state index in [9.17, 15) is 9.59 Å². The molecule has 4 nitrogen and oxygen atoms in total. The third-order valence-electron chi connectivity index (χ3n) is 3.11. The van der Waals surface area contributed by atoms with Crippen LogP contribution in [0.4, 0.5) is 5.69 Å². The summed E-state index contributed by atoms with van der Waals surface area (Å²) in [4.78, 5) is 24.6.